The molecule has 2 nitrogen and oxygen atoms in total. The van der Waals surface area contributed by atoms with Crippen molar-refractivity contribution in [1.82, 2.24) is 0 Å². The van der Waals surface area contributed by atoms with Crippen molar-refractivity contribution in [2.75, 3.05) is 7.11 Å². The van der Waals surface area contributed by atoms with Crippen molar-refractivity contribution in [1.29, 1.82) is 0 Å². The van der Waals surface area contributed by atoms with Gasteiger partial charge in [-0.25, -0.2) is 0 Å². The summed E-state index contributed by atoms with van der Waals surface area (Å²) in [5, 5.41) is 0. The van der Waals surface area contributed by atoms with Crippen LogP contribution < -0.4 is 0 Å². The standard InChI is InChI=1S/C2H3O2.CF2.Cf/c1-4-2-3;2-1-3;/h1H3;;. The quantitative estimate of drug-likeness (QED) is 0.694. The predicted octanol–water partition coefficient (Wildman–Crippen LogP) is 0.864. The summed E-state index contributed by atoms with van der Waals surface area (Å²) in [6, 6.07) is 0. The molecule has 0 spiro atoms. The predicted molar refractivity (Wildman–Crippen MR) is 19.6 cm³/mol. The third-order valence-electron chi connectivity index (χ3n) is 0.272. The van der Waals surface area contributed by atoms with Gasteiger partial charge in [-0.05, 0) is 0 Å². The second-order valence-electron chi connectivity index (χ2n) is 0.687. The number of hydrogen-bond acceptors (Lipinski definition) is 2. The second kappa shape index (κ2) is 2.39. The van der Waals surface area contributed by atoms with Gasteiger partial charge in [0.2, 0.25) is 0 Å². The van der Waals surface area contributed by atoms with Gasteiger partial charge < -0.3 is 0 Å². The summed E-state index contributed by atoms with van der Waals surface area (Å²) < 4.78 is 24.2. The van der Waals surface area contributed by atoms with Crippen LogP contribution in [0.2, 0.25) is 0 Å². The van der Waals surface area contributed by atoms with E-state index in [1.807, 2.05) is 0 Å². The van der Waals surface area contributed by atoms with E-state index >= 15 is 0 Å². The molecular formula is C3H3CfF2O2. The van der Waals surface area contributed by atoms with Crippen molar-refractivity contribution < 1.29 is 18.3 Å². The second-order valence-corrected chi connectivity index (χ2v) is 3.42. The van der Waals surface area contributed by atoms with Gasteiger partial charge in [0.15, 0.2) is 0 Å². The number of carbonyl (C=O) groups is 1. The van der Waals surface area contributed by atoms with Crippen LogP contribution in [-0.2, 0) is 4.74 Å². The maximum absolute atomic E-state index is 11.2. The Balaban J connectivity index is 3.70. The van der Waals surface area contributed by atoms with Gasteiger partial charge in [-0.15, -0.1) is 0 Å². The molecule has 0 heterocycles. The molecular weight excluding hydrogens is 357 g/mol. The summed E-state index contributed by atoms with van der Waals surface area (Å²) in [6.45, 7) is -2.54. The molecule has 0 saturated heterocycles. The fourth-order valence-corrected chi connectivity index (χ4v) is 0.756. The van der Waals surface area contributed by atoms with Crippen LogP contribution in [0.3, 0.4) is 0 Å². The molecule has 0 atom stereocenters. The average Bonchev–Trinajstić information content (AvgIpc) is 1.65. The normalized spacial score (nSPS) is 7.38. The molecule has 0 aliphatic heterocycles. The molecule has 0 aromatic rings. The van der Waals surface area contributed by atoms with Crippen LogP contribution in [0.25, 0.3) is 0 Å². The van der Waals surface area contributed by atoms with Gasteiger partial charge in [0.05, 0.1) is 0 Å². The third-order valence-corrected chi connectivity index (χ3v) is 1.84. The van der Waals surface area contributed by atoms with E-state index in [2.05, 4.69) is 4.74 Å². The molecule has 0 aromatic heterocycles. The Morgan fingerprint density at radius 3 is 2.25 bits per heavy atom. The van der Waals surface area contributed by atoms with Gasteiger partial charge in [0.25, 0.3) is 0 Å². The van der Waals surface area contributed by atoms with E-state index < -0.39 is 13.4 Å². The molecule has 0 N–H and O–H groups in total. The molecule has 0 fully saturated rings. The Labute approximate surface area is 40.1 Å². The van der Waals surface area contributed by atoms with E-state index in [0.717, 1.165) is 7.11 Å². The summed E-state index contributed by atoms with van der Waals surface area (Å²) in [7, 11) is 1.10. The van der Waals surface area contributed by atoms with Crippen LogP contribution in [0.5, 0.6) is 0 Å². The van der Waals surface area contributed by atoms with Crippen LogP contribution in [-0.4, -0.2) is 20.5 Å². The fraction of sp³-hybridized carbons (Fsp3) is 0.333. The van der Waals surface area contributed by atoms with Crippen molar-refractivity contribution in [3.05, 3.63) is 0 Å². The number of halogens is 2. The van der Waals surface area contributed by atoms with Gasteiger partial charge in [0.1, 0.15) is 0 Å². The number of methoxy groups -OCH3 is 1. The van der Waals surface area contributed by atoms with E-state index in [1.165, 1.54) is 0 Å². The van der Waals surface area contributed by atoms with E-state index in [1.54, 1.807) is 0 Å². The zero-order valence-corrected chi connectivity index (χ0v) is 6.52. The Kier molecular flexibility index (Phi) is 1.85. The van der Waals surface area contributed by atoms with Crippen molar-refractivity contribution in [3.63, 3.8) is 0 Å². The molecule has 0 amide bonds. The molecule has 0 rings (SSSR count). The SMILES string of the molecule is CO[C](=O)[Cf]=[C](F)F. The van der Waals surface area contributed by atoms with E-state index in [4.69, 9.17) is 0 Å². The van der Waals surface area contributed by atoms with Crippen molar-refractivity contribution in [3.8, 4) is 0 Å². The van der Waals surface area contributed by atoms with Crippen molar-refractivity contribution in [2.45, 2.75) is 0 Å². The number of ether oxygens (including phenoxy) is 1. The maximum atomic E-state index is 11.2. The Morgan fingerprint density at radius 2 is 2.12 bits per heavy atom. The molecule has 5 heteroatoms. The first-order valence-electron chi connectivity index (χ1n) is 1.51. The molecule has 8 heavy (non-hydrogen) atoms. The van der Waals surface area contributed by atoms with E-state index in [9.17, 15) is 13.6 Å². The summed E-state index contributed by atoms with van der Waals surface area (Å²) in [5.41, 5.74) is 0. The van der Waals surface area contributed by atoms with Crippen LogP contribution in [0.4, 0.5) is 13.6 Å². The van der Waals surface area contributed by atoms with Crippen molar-refractivity contribution in [2.24, 2.45) is 0 Å². The first kappa shape index (κ1) is 6.20. The first-order chi connectivity index (χ1) is 3.66. The fourth-order valence-electron chi connectivity index (χ4n) is 0.0811. The minimum atomic E-state index is -2.08. The first-order valence-corrected chi connectivity index (χ1v) is 4.14. The van der Waals surface area contributed by atoms with Crippen LogP contribution in [0.15, 0.2) is 0 Å². The molecule has 0 aromatic carbocycles. The van der Waals surface area contributed by atoms with Gasteiger partial charge in [-0.3, -0.25) is 0 Å². The molecule has 0 aliphatic carbocycles. The van der Waals surface area contributed by atoms with Gasteiger partial charge >= 0.3 is 38.8 Å². The van der Waals surface area contributed by atoms with E-state index in [0.29, 0.717) is 0 Å². The zero-order chi connectivity index (χ0) is 6.57. The molecule has 0 unspecified atom stereocenters. The summed E-state index contributed by atoms with van der Waals surface area (Å²) in [5.74, 6) is 0. The summed E-state index contributed by atoms with van der Waals surface area (Å²) in [4.78, 5) is 9.96. The minimum absolute atomic E-state index is 0.764. The zero-order valence-electron chi connectivity index (χ0n) is 3.89. The van der Waals surface area contributed by atoms with Crippen LogP contribution in [0.1, 0.15) is 0 Å². The molecule has 0 radical (unpaired) electrons. The number of carbonyl (C=O) groups excluding carboxylic acids is 1. The van der Waals surface area contributed by atoms with Crippen LogP contribution >= 0.6 is 0 Å². The topological polar surface area (TPSA) is 26.3 Å². The number of hydrogen-bond donors (Lipinski definition) is 0. The van der Waals surface area contributed by atoms with Crippen molar-refractivity contribution >= 4 is 13.4 Å². The van der Waals surface area contributed by atoms with E-state index in [-0.39, 0.29) is 0 Å². The summed E-state index contributed by atoms with van der Waals surface area (Å²) in [6.07, 6.45) is 0. The molecule has 0 bridgehead atoms. The average molecular weight is 360 g/mol. The van der Waals surface area contributed by atoms with Crippen LogP contribution in [0, 0.1) is 0 Å². The molecule has 0 aliphatic rings. The third kappa shape index (κ3) is 2.44. The Morgan fingerprint density at radius 1 is 1.62 bits per heavy atom. The molecule has 0 saturated carbocycles. The van der Waals surface area contributed by atoms with Gasteiger partial charge in [-0.1, -0.05) is 0 Å². The monoisotopic (exact) mass is 358 g/mol. The Hall–Kier alpha value is -1.80. The Bertz CT molecular complexity index is 118. The van der Waals surface area contributed by atoms with Gasteiger partial charge in [-0.2, -0.15) is 0 Å². The summed E-state index contributed by atoms with van der Waals surface area (Å²) >= 11 is 0. The number of rotatable bonds is 1. The van der Waals surface area contributed by atoms with Gasteiger partial charge in [0, 0.05) is 0 Å². The molecule has 51 valence electrons.